The molecule has 0 saturated heterocycles. The van der Waals surface area contributed by atoms with Gasteiger partial charge in [-0.25, -0.2) is 0 Å². The lowest BCUT2D eigenvalue weighted by Gasteiger charge is -2.09. The summed E-state index contributed by atoms with van der Waals surface area (Å²) >= 11 is 2.69. The van der Waals surface area contributed by atoms with E-state index < -0.39 is 6.36 Å². The molecule has 0 aliphatic rings. The zero-order chi connectivity index (χ0) is 17.9. The van der Waals surface area contributed by atoms with Gasteiger partial charge in [-0.3, -0.25) is 0 Å². The van der Waals surface area contributed by atoms with E-state index in [1.54, 1.807) is 6.92 Å². The predicted molar refractivity (Wildman–Crippen MR) is 84.9 cm³/mol. The van der Waals surface area contributed by atoms with Gasteiger partial charge in [-0.1, -0.05) is 28.3 Å². The van der Waals surface area contributed by atoms with Gasteiger partial charge < -0.3 is 14.6 Å². The van der Waals surface area contributed by atoms with Crippen LogP contribution in [0, 0.1) is 6.92 Å². The van der Waals surface area contributed by atoms with Gasteiger partial charge in [0.25, 0.3) is 0 Å². The van der Waals surface area contributed by atoms with E-state index in [-0.39, 0.29) is 5.75 Å². The first-order valence-corrected chi connectivity index (χ1v) is 8.56. The van der Waals surface area contributed by atoms with Crippen molar-refractivity contribution in [2.75, 3.05) is 5.32 Å². The molecule has 0 saturated carbocycles. The van der Waals surface area contributed by atoms with Crippen LogP contribution < -0.4 is 10.1 Å². The van der Waals surface area contributed by atoms with Gasteiger partial charge in [-0.15, -0.1) is 23.4 Å². The van der Waals surface area contributed by atoms with Crippen molar-refractivity contribution in [2.45, 2.75) is 23.4 Å². The Kier molecular flexibility index (Phi) is 5.08. The first kappa shape index (κ1) is 17.5. The Morgan fingerprint density at radius 3 is 2.64 bits per heavy atom. The van der Waals surface area contributed by atoms with Crippen LogP contribution >= 0.6 is 23.1 Å². The molecule has 0 fully saturated rings. The fourth-order valence-corrected chi connectivity index (χ4v) is 3.31. The number of benzene rings is 1. The summed E-state index contributed by atoms with van der Waals surface area (Å²) < 4.78 is 45.9. The van der Waals surface area contributed by atoms with Gasteiger partial charge in [-0.05, 0) is 31.2 Å². The van der Waals surface area contributed by atoms with Gasteiger partial charge >= 0.3 is 6.36 Å². The van der Waals surface area contributed by atoms with Gasteiger partial charge in [0.2, 0.25) is 11.0 Å². The molecule has 0 spiro atoms. The Bertz CT molecular complexity index is 835. The molecule has 2 heterocycles. The molecule has 0 amide bonds. The standard InChI is InChI=1S/C13H10F3N5O2S2/c1-7-17-10(23-21-7)6-24-12-20-19-11(25-12)18-8-2-4-9(5-3-8)22-13(14,15)16/h2-5H,6H2,1H3,(H,18,19). The number of rotatable bonds is 6. The maximum atomic E-state index is 12.1. The SMILES string of the molecule is Cc1noc(CSc2nnc(Nc3ccc(OC(F)(F)F)cc3)s2)n1. The average molecular weight is 389 g/mol. The van der Waals surface area contributed by atoms with E-state index in [1.807, 2.05) is 0 Å². The Labute approximate surface area is 147 Å². The van der Waals surface area contributed by atoms with E-state index >= 15 is 0 Å². The summed E-state index contributed by atoms with van der Waals surface area (Å²) in [6, 6.07) is 5.34. The zero-order valence-corrected chi connectivity index (χ0v) is 14.2. The van der Waals surface area contributed by atoms with Crippen molar-refractivity contribution < 1.29 is 22.4 Å². The van der Waals surface area contributed by atoms with Crippen LogP contribution in [0.3, 0.4) is 0 Å². The van der Waals surface area contributed by atoms with E-state index in [0.717, 1.165) is 0 Å². The van der Waals surface area contributed by atoms with E-state index in [1.165, 1.54) is 47.4 Å². The fourth-order valence-electron chi connectivity index (χ4n) is 1.70. The molecule has 7 nitrogen and oxygen atoms in total. The second-order valence-corrected chi connectivity index (χ2v) is 6.79. The van der Waals surface area contributed by atoms with Gasteiger partial charge in [0.05, 0.1) is 5.75 Å². The number of anilines is 2. The fraction of sp³-hybridized carbons (Fsp3) is 0.231. The summed E-state index contributed by atoms with van der Waals surface area (Å²) in [5.74, 6) is 1.24. The molecule has 1 N–H and O–H groups in total. The molecule has 0 aliphatic carbocycles. The lowest BCUT2D eigenvalue weighted by Crippen LogP contribution is -2.16. The van der Waals surface area contributed by atoms with Crippen molar-refractivity contribution in [3.05, 3.63) is 36.0 Å². The van der Waals surface area contributed by atoms with Crippen molar-refractivity contribution in [2.24, 2.45) is 0 Å². The Balaban J connectivity index is 1.55. The highest BCUT2D eigenvalue weighted by atomic mass is 32.2. The maximum Gasteiger partial charge on any atom is 0.573 e. The quantitative estimate of drug-likeness (QED) is 0.629. The number of thioether (sulfide) groups is 1. The van der Waals surface area contributed by atoms with E-state index in [0.29, 0.717) is 32.6 Å². The largest absolute Gasteiger partial charge is 0.573 e. The summed E-state index contributed by atoms with van der Waals surface area (Å²) in [6.07, 6.45) is -4.71. The second kappa shape index (κ2) is 7.27. The van der Waals surface area contributed by atoms with Gasteiger partial charge in [-0.2, -0.15) is 4.98 Å². The third-order valence-electron chi connectivity index (χ3n) is 2.63. The number of aromatic nitrogens is 4. The third-order valence-corrected chi connectivity index (χ3v) is 4.59. The molecule has 3 aromatic rings. The minimum Gasteiger partial charge on any atom is -0.406 e. The number of nitrogens with zero attached hydrogens (tertiary/aromatic N) is 4. The molecule has 25 heavy (non-hydrogen) atoms. The first-order chi connectivity index (χ1) is 11.9. The number of alkyl halides is 3. The van der Waals surface area contributed by atoms with Gasteiger partial charge in [0.15, 0.2) is 10.2 Å². The number of halogens is 3. The summed E-state index contributed by atoms with van der Waals surface area (Å²) in [5, 5.41) is 15.1. The molecule has 0 bridgehead atoms. The maximum absolute atomic E-state index is 12.1. The zero-order valence-electron chi connectivity index (χ0n) is 12.6. The van der Waals surface area contributed by atoms with E-state index in [9.17, 15) is 13.2 Å². The highest BCUT2D eigenvalue weighted by Gasteiger charge is 2.30. The summed E-state index contributed by atoms with van der Waals surface area (Å²) in [7, 11) is 0. The van der Waals surface area contributed by atoms with Gasteiger partial charge in [0, 0.05) is 5.69 Å². The molecule has 0 radical (unpaired) electrons. The van der Waals surface area contributed by atoms with Crippen LogP contribution in [0.5, 0.6) is 5.75 Å². The third kappa shape index (κ3) is 5.32. The van der Waals surface area contributed by atoms with Crippen LogP contribution in [0.25, 0.3) is 0 Å². The lowest BCUT2D eigenvalue weighted by molar-refractivity contribution is -0.274. The molecule has 3 rings (SSSR count). The smallest absolute Gasteiger partial charge is 0.406 e. The Morgan fingerprint density at radius 1 is 1.24 bits per heavy atom. The number of hydrogen-bond donors (Lipinski definition) is 1. The van der Waals surface area contributed by atoms with Crippen LogP contribution in [-0.4, -0.2) is 26.7 Å². The second-order valence-electron chi connectivity index (χ2n) is 4.59. The molecular formula is C13H10F3N5O2S2. The topological polar surface area (TPSA) is 86.0 Å². The molecule has 0 atom stereocenters. The Morgan fingerprint density at radius 2 is 2.00 bits per heavy atom. The van der Waals surface area contributed by atoms with Crippen molar-refractivity contribution in [1.82, 2.24) is 20.3 Å². The van der Waals surface area contributed by atoms with Crippen molar-refractivity contribution in [3.63, 3.8) is 0 Å². The Hall–Kier alpha value is -2.34. The molecular weight excluding hydrogens is 379 g/mol. The normalized spacial score (nSPS) is 11.5. The highest BCUT2D eigenvalue weighted by Crippen LogP contribution is 2.30. The van der Waals surface area contributed by atoms with Crippen LogP contribution in [0.15, 0.2) is 33.1 Å². The van der Waals surface area contributed by atoms with Crippen LogP contribution in [0.1, 0.15) is 11.7 Å². The predicted octanol–water partition coefficient (Wildman–Crippen LogP) is 4.16. The number of ether oxygens (including phenoxy) is 1. The van der Waals surface area contributed by atoms with Crippen LogP contribution in [-0.2, 0) is 5.75 Å². The van der Waals surface area contributed by atoms with Gasteiger partial charge in [0.1, 0.15) is 5.75 Å². The molecule has 0 unspecified atom stereocenters. The van der Waals surface area contributed by atoms with Crippen LogP contribution in [0.2, 0.25) is 0 Å². The molecule has 12 heteroatoms. The summed E-state index contributed by atoms with van der Waals surface area (Å²) in [6.45, 7) is 1.73. The minimum absolute atomic E-state index is 0.290. The molecule has 1 aromatic carbocycles. The minimum atomic E-state index is -4.71. The van der Waals surface area contributed by atoms with Crippen molar-refractivity contribution >= 4 is 33.9 Å². The first-order valence-electron chi connectivity index (χ1n) is 6.76. The van der Waals surface area contributed by atoms with Crippen molar-refractivity contribution in [3.8, 4) is 5.75 Å². The van der Waals surface area contributed by atoms with E-state index in [2.05, 4.69) is 30.4 Å². The van der Waals surface area contributed by atoms with Crippen molar-refractivity contribution in [1.29, 1.82) is 0 Å². The average Bonchev–Trinajstić information content (AvgIpc) is 3.15. The lowest BCUT2D eigenvalue weighted by atomic mass is 10.3. The summed E-state index contributed by atoms with van der Waals surface area (Å²) in [4.78, 5) is 4.08. The monoisotopic (exact) mass is 389 g/mol. The van der Waals surface area contributed by atoms with Crippen LogP contribution in [0.4, 0.5) is 24.0 Å². The molecule has 0 aliphatic heterocycles. The molecule has 132 valence electrons. The molecule has 2 aromatic heterocycles. The highest BCUT2D eigenvalue weighted by molar-refractivity contribution is 8.00. The number of hydrogen-bond acceptors (Lipinski definition) is 9. The number of aryl methyl sites for hydroxylation is 1. The summed E-state index contributed by atoms with van der Waals surface area (Å²) in [5.41, 5.74) is 0.565. The number of nitrogens with one attached hydrogen (secondary N) is 1. The van der Waals surface area contributed by atoms with E-state index in [4.69, 9.17) is 4.52 Å².